The average molecular weight is 873 g/mol. The van der Waals surface area contributed by atoms with Gasteiger partial charge in [-0.3, -0.25) is 19.6 Å². The second kappa shape index (κ2) is 17.9. The predicted molar refractivity (Wildman–Crippen MR) is 230 cm³/mol. The highest BCUT2D eigenvalue weighted by atomic mass is 32.2. The van der Waals surface area contributed by atoms with Gasteiger partial charge in [-0.25, -0.2) is 13.8 Å². The van der Waals surface area contributed by atoms with Crippen molar-refractivity contribution in [1.29, 1.82) is 5.26 Å². The molecule has 0 bridgehead atoms. The Morgan fingerprint density at radius 1 is 0.952 bits per heavy atom. The second-order valence-corrected chi connectivity index (χ2v) is 19.3. The minimum Gasteiger partial charge on any atom is -0.453 e. The van der Waals surface area contributed by atoms with Crippen LogP contribution in [-0.4, -0.2) is 90.6 Å². The molecule has 5 aliphatic rings. The van der Waals surface area contributed by atoms with E-state index in [4.69, 9.17) is 4.74 Å². The maximum Gasteiger partial charge on any atom is 0.301 e. The molecule has 3 aromatic carbocycles. The van der Waals surface area contributed by atoms with Crippen LogP contribution in [0.4, 0.5) is 25.8 Å². The Balaban J connectivity index is 0.828. The molecule has 62 heavy (non-hydrogen) atoms. The number of nitrogens with one attached hydrogen (secondary N) is 3. The molecule has 3 aromatic rings. The largest absolute Gasteiger partial charge is 0.453 e. The van der Waals surface area contributed by atoms with Gasteiger partial charge < -0.3 is 25.0 Å². The van der Waals surface area contributed by atoms with Crippen LogP contribution in [0.1, 0.15) is 113 Å². The van der Waals surface area contributed by atoms with Crippen LogP contribution in [-0.2, 0) is 19.8 Å². The van der Waals surface area contributed by atoms with Crippen molar-refractivity contribution in [3.8, 4) is 17.6 Å². The first-order valence-electron chi connectivity index (χ1n) is 21.7. The van der Waals surface area contributed by atoms with Crippen LogP contribution >= 0.6 is 0 Å². The molecule has 14 nitrogen and oxygen atoms in total. The summed E-state index contributed by atoms with van der Waals surface area (Å²) in [5, 5.41) is 27.0. The van der Waals surface area contributed by atoms with Gasteiger partial charge in [-0.05, 0) is 143 Å². The molecule has 4 fully saturated rings. The van der Waals surface area contributed by atoms with E-state index in [1.165, 1.54) is 19.2 Å². The van der Waals surface area contributed by atoms with Crippen molar-refractivity contribution in [3.05, 3.63) is 76.9 Å². The van der Waals surface area contributed by atoms with Gasteiger partial charge in [-0.1, -0.05) is 13.0 Å². The average Bonchev–Trinajstić information content (AvgIpc) is 3.26. The summed E-state index contributed by atoms with van der Waals surface area (Å²) in [6, 6.07) is 14.0. The fraction of sp³-hybridized carbons (Fsp3) is 0.511. The van der Waals surface area contributed by atoms with E-state index < -0.39 is 34.0 Å². The number of aliphatic imine (C=N–C) groups is 1. The van der Waals surface area contributed by atoms with Crippen molar-refractivity contribution in [2.75, 3.05) is 36.7 Å². The van der Waals surface area contributed by atoms with E-state index in [1.54, 1.807) is 31.5 Å². The Labute approximate surface area is 361 Å². The van der Waals surface area contributed by atoms with Gasteiger partial charge >= 0.3 is 10.2 Å². The lowest BCUT2D eigenvalue weighted by Gasteiger charge is -2.50. The number of carbonyl (C=O) groups is 2. The minimum atomic E-state index is -3.99. The normalized spacial score (nSPS) is 24.4. The molecule has 0 aromatic heterocycles. The highest BCUT2D eigenvalue weighted by Gasteiger charge is 2.42. The number of nitriles is 1. The third-order valence-electron chi connectivity index (χ3n) is 14.0. The Hall–Kier alpha value is -5.15. The quantitative estimate of drug-likeness (QED) is 0.144. The number of fused-ring (bicyclic) bond motifs is 1. The number of nitrogens with zero attached hydrogens (tertiary/aromatic N) is 5. The SMILES string of the molecule is CCN(C)S(=O)(=O)Nc1ccc(F)c(Oc2ccc3c(c2)C(O)N(C2CCC4(CC2)CCN(C2CCC(c5ccc(NC6CCC(=O)NC6=O)cc5F)CC2)CC4)C=N3)c1C#N. The molecule has 17 heteroatoms. The molecule has 3 heterocycles. The maximum absolute atomic E-state index is 15.4. The number of amides is 2. The monoisotopic (exact) mass is 872 g/mol. The molecule has 8 rings (SSSR count). The first-order chi connectivity index (χ1) is 29.8. The number of benzene rings is 3. The van der Waals surface area contributed by atoms with Crippen LogP contribution in [0.15, 0.2) is 53.5 Å². The fourth-order valence-corrected chi connectivity index (χ4v) is 11.0. The molecular weight excluding hydrogens is 819 g/mol. The lowest BCUT2D eigenvalue weighted by molar-refractivity contribution is -0.133. The molecule has 4 N–H and O–H groups in total. The van der Waals surface area contributed by atoms with Gasteiger partial charge in [-0.15, -0.1) is 0 Å². The number of aliphatic hydroxyl groups is 1. The van der Waals surface area contributed by atoms with Crippen molar-refractivity contribution < 1.29 is 36.6 Å². The highest BCUT2D eigenvalue weighted by Crippen LogP contribution is 2.49. The van der Waals surface area contributed by atoms with E-state index >= 15 is 8.78 Å². The molecular formula is C45H54F2N8O6S. The van der Waals surface area contributed by atoms with Gasteiger partial charge in [0.2, 0.25) is 11.8 Å². The Morgan fingerprint density at radius 3 is 2.37 bits per heavy atom. The summed E-state index contributed by atoms with van der Waals surface area (Å²) in [6.45, 7) is 3.92. The van der Waals surface area contributed by atoms with Gasteiger partial charge in [-0.2, -0.15) is 18.0 Å². The number of hydrogen-bond acceptors (Lipinski definition) is 11. The standard InChI is InChI=1S/C45H54F2N8O6S/c1-3-53(2)62(59,60)52-39-13-11-36(46)42(35(39)26-48)61-32-9-12-38-34(25-32)44(58)55(27-49-38)31-16-18-45(19-17-31)20-22-54(23-21-45)30-7-4-28(5-8-30)33-10-6-29(24-37(33)47)50-40-14-15-41(56)51-43(40)57/h6,9-13,24-25,27-28,30-31,40,44,50,52,58H,3-5,7-8,14-23H2,1-2H3,(H,51,56,57). The van der Waals surface area contributed by atoms with E-state index in [0.717, 1.165) is 93.2 Å². The molecule has 2 unspecified atom stereocenters. The predicted octanol–water partition coefficient (Wildman–Crippen LogP) is 7.17. The van der Waals surface area contributed by atoms with E-state index in [-0.39, 0.29) is 65.0 Å². The number of anilines is 2. The molecule has 1 spiro atoms. The Kier molecular flexibility index (Phi) is 12.6. The second-order valence-electron chi connectivity index (χ2n) is 17.5. The van der Waals surface area contributed by atoms with Crippen LogP contribution in [0.3, 0.4) is 0 Å². The van der Waals surface area contributed by atoms with E-state index in [9.17, 15) is 28.4 Å². The molecule has 2 aliphatic carbocycles. The van der Waals surface area contributed by atoms with Gasteiger partial charge in [0.1, 0.15) is 29.2 Å². The first-order valence-corrected chi connectivity index (χ1v) is 23.1. The van der Waals surface area contributed by atoms with Crippen LogP contribution in [0, 0.1) is 28.4 Å². The Morgan fingerprint density at radius 2 is 1.69 bits per heavy atom. The summed E-state index contributed by atoms with van der Waals surface area (Å²) in [7, 11) is -2.61. The Bertz CT molecular complexity index is 2370. The lowest BCUT2D eigenvalue weighted by atomic mass is 9.66. The number of likely N-dealkylation sites (tertiary alicyclic amines) is 1. The molecule has 2 amide bonds. The van der Waals surface area contributed by atoms with Gasteiger partial charge in [0, 0.05) is 43.3 Å². The zero-order valence-corrected chi connectivity index (χ0v) is 35.9. The molecule has 330 valence electrons. The number of halogens is 2. The number of carbonyl (C=O) groups excluding carboxylic acids is 2. The summed E-state index contributed by atoms with van der Waals surface area (Å²) < 4.78 is 65.1. The zero-order chi connectivity index (χ0) is 43.8. The van der Waals surface area contributed by atoms with Crippen LogP contribution in [0.2, 0.25) is 0 Å². The lowest BCUT2D eigenvalue weighted by Crippen LogP contribution is -2.49. The van der Waals surface area contributed by atoms with Crippen molar-refractivity contribution in [2.24, 2.45) is 10.4 Å². The summed E-state index contributed by atoms with van der Waals surface area (Å²) in [6.07, 6.45) is 11.3. The maximum atomic E-state index is 15.4. The molecule has 3 aliphatic heterocycles. The highest BCUT2D eigenvalue weighted by molar-refractivity contribution is 7.90. The van der Waals surface area contributed by atoms with Gasteiger partial charge in [0.05, 0.1) is 17.7 Å². The molecule has 0 radical (unpaired) electrons. The fourth-order valence-electron chi connectivity index (χ4n) is 10.0. The number of imide groups is 1. The topological polar surface area (TPSA) is 180 Å². The number of aliphatic hydroxyl groups excluding tert-OH is 1. The number of hydrogen-bond donors (Lipinski definition) is 4. The number of piperidine rings is 2. The third kappa shape index (κ3) is 9.01. The minimum absolute atomic E-state index is 0.0710. The number of rotatable bonds is 11. The van der Waals surface area contributed by atoms with Gasteiger partial charge in [0.25, 0.3) is 0 Å². The first kappa shape index (κ1) is 43.5. The summed E-state index contributed by atoms with van der Waals surface area (Å²) in [5.74, 6) is -1.89. The van der Waals surface area contributed by atoms with Crippen molar-refractivity contribution >= 4 is 45.4 Å². The summed E-state index contributed by atoms with van der Waals surface area (Å²) in [4.78, 5) is 32.8. The van der Waals surface area contributed by atoms with Crippen LogP contribution in [0.25, 0.3) is 0 Å². The molecule has 2 atom stereocenters. The van der Waals surface area contributed by atoms with Gasteiger partial charge in [0.15, 0.2) is 17.8 Å². The zero-order valence-electron chi connectivity index (χ0n) is 35.1. The molecule has 2 saturated carbocycles. The molecule has 2 saturated heterocycles. The smallest absolute Gasteiger partial charge is 0.301 e. The number of ether oxygens (including phenoxy) is 1. The van der Waals surface area contributed by atoms with E-state index in [0.29, 0.717) is 29.4 Å². The summed E-state index contributed by atoms with van der Waals surface area (Å²) >= 11 is 0. The van der Waals surface area contributed by atoms with E-state index in [2.05, 4.69) is 25.2 Å². The van der Waals surface area contributed by atoms with Crippen LogP contribution < -0.4 is 20.1 Å². The van der Waals surface area contributed by atoms with E-state index in [1.807, 2.05) is 23.1 Å². The van der Waals surface area contributed by atoms with Crippen molar-refractivity contribution in [1.82, 2.24) is 19.4 Å². The summed E-state index contributed by atoms with van der Waals surface area (Å²) in [5.41, 5.74) is 2.11. The van der Waals surface area contributed by atoms with Crippen molar-refractivity contribution in [3.63, 3.8) is 0 Å². The third-order valence-corrected chi connectivity index (χ3v) is 15.5. The van der Waals surface area contributed by atoms with Crippen LogP contribution in [0.5, 0.6) is 11.5 Å². The van der Waals surface area contributed by atoms with Crippen molar-refractivity contribution in [2.45, 2.75) is 114 Å².